The molecule has 0 amide bonds. The van der Waals surface area contributed by atoms with E-state index in [1.165, 1.54) is 0 Å². The van der Waals surface area contributed by atoms with Crippen LogP contribution in [0.1, 0.15) is 36.2 Å². The van der Waals surface area contributed by atoms with Gasteiger partial charge in [-0.1, -0.05) is 12.1 Å². The number of pyridine rings is 2. The van der Waals surface area contributed by atoms with Crippen molar-refractivity contribution in [2.75, 3.05) is 6.61 Å². The van der Waals surface area contributed by atoms with Crippen molar-refractivity contribution in [2.24, 2.45) is 0 Å². The smallest absolute Gasteiger partial charge is 0.170 e. The Morgan fingerprint density at radius 1 is 0.970 bits per heavy atom. The topological polar surface area (TPSA) is 63.4 Å². The van der Waals surface area contributed by atoms with Crippen LogP contribution in [-0.4, -0.2) is 26.6 Å². The molecule has 0 bridgehead atoms. The van der Waals surface area contributed by atoms with Crippen LogP contribution >= 0.6 is 12.2 Å². The van der Waals surface area contributed by atoms with Gasteiger partial charge in [-0.25, -0.2) is 0 Å². The number of benzene rings is 1. The molecule has 1 saturated heterocycles. The predicted octanol–water partition coefficient (Wildman–Crippen LogP) is 5.31. The predicted molar refractivity (Wildman–Crippen MR) is 131 cm³/mol. The van der Waals surface area contributed by atoms with Gasteiger partial charge >= 0.3 is 0 Å². The Kier molecular flexibility index (Phi) is 6.04. The van der Waals surface area contributed by atoms with E-state index in [9.17, 15) is 0 Å². The lowest BCUT2D eigenvalue weighted by Gasteiger charge is -2.25. The van der Waals surface area contributed by atoms with Crippen molar-refractivity contribution in [3.8, 4) is 17.1 Å². The van der Waals surface area contributed by atoms with E-state index in [0.29, 0.717) is 18.3 Å². The highest BCUT2D eigenvalue weighted by molar-refractivity contribution is 7.80. The van der Waals surface area contributed by atoms with Gasteiger partial charge < -0.3 is 19.4 Å². The van der Waals surface area contributed by atoms with Crippen LogP contribution in [0.4, 0.5) is 0 Å². The van der Waals surface area contributed by atoms with E-state index < -0.39 is 0 Å². The average Bonchev–Trinajstić information content (AvgIpc) is 3.46. The minimum absolute atomic E-state index is 0.137. The van der Waals surface area contributed by atoms with Crippen molar-refractivity contribution < 1.29 is 9.15 Å². The minimum atomic E-state index is -0.161. The van der Waals surface area contributed by atoms with Crippen LogP contribution in [0.5, 0.6) is 5.75 Å². The van der Waals surface area contributed by atoms with Crippen molar-refractivity contribution in [3.63, 3.8) is 0 Å². The number of nitrogens with one attached hydrogen (secondary N) is 1. The summed E-state index contributed by atoms with van der Waals surface area (Å²) in [5.74, 6) is 2.45. The average molecular weight is 457 g/mol. The van der Waals surface area contributed by atoms with Crippen LogP contribution in [0.15, 0.2) is 89.6 Å². The highest BCUT2D eigenvalue weighted by atomic mass is 32.1. The second-order valence-electron chi connectivity index (χ2n) is 7.73. The summed E-state index contributed by atoms with van der Waals surface area (Å²) in [5.41, 5.74) is 2.84. The van der Waals surface area contributed by atoms with E-state index in [4.69, 9.17) is 21.4 Å². The molecule has 0 spiro atoms. The van der Waals surface area contributed by atoms with Gasteiger partial charge in [0.1, 0.15) is 23.3 Å². The Balaban J connectivity index is 1.49. The summed E-state index contributed by atoms with van der Waals surface area (Å²) in [6, 6.07) is 23.4. The molecule has 1 aliphatic heterocycles. The number of hydrogen-bond donors (Lipinski definition) is 1. The monoisotopic (exact) mass is 456 g/mol. The third-order valence-electron chi connectivity index (χ3n) is 5.62. The normalized spacial score (nSPS) is 17.7. The molecule has 166 valence electrons. The Hall–Kier alpha value is -3.71. The van der Waals surface area contributed by atoms with Crippen molar-refractivity contribution in [3.05, 3.63) is 102 Å². The van der Waals surface area contributed by atoms with Crippen LogP contribution in [0, 0.1) is 0 Å². The maximum Gasteiger partial charge on any atom is 0.170 e. The van der Waals surface area contributed by atoms with Gasteiger partial charge in [0.2, 0.25) is 0 Å². The Bertz CT molecular complexity index is 1210. The molecule has 1 aliphatic rings. The first-order valence-corrected chi connectivity index (χ1v) is 11.3. The lowest BCUT2D eigenvalue weighted by Crippen LogP contribution is -2.29. The first-order chi connectivity index (χ1) is 16.2. The molecule has 6 nitrogen and oxygen atoms in total. The highest BCUT2D eigenvalue weighted by Crippen LogP contribution is 2.41. The van der Waals surface area contributed by atoms with Gasteiger partial charge in [-0.2, -0.15) is 0 Å². The van der Waals surface area contributed by atoms with Crippen molar-refractivity contribution in [1.82, 2.24) is 20.2 Å². The minimum Gasteiger partial charge on any atom is -0.494 e. The van der Waals surface area contributed by atoms with Crippen LogP contribution < -0.4 is 10.1 Å². The third-order valence-corrected chi connectivity index (χ3v) is 5.98. The fourth-order valence-corrected chi connectivity index (χ4v) is 4.41. The summed E-state index contributed by atoms with van der Waals surface area (Å²) >= 11 is 5.74. The van der Waals surface area contributed by atoms with E-state index in [-0.39, 0.29) is 12.1 Å². The summed E-state index contributed by atoms with van der Waals surface area (Å²) in [5, 5.41) is 4.10. The molecular weight excluding hydrogens is 432 g/mol. The molecule has 0 unspecified atom stereocenters. The van der Waals surface area contributed by atoms with Gasteiger partial charge in [-0.3, -0.25) is 9.97 Å². The zero-order valence-electron chi connectivity index (χ0n) is 18.2. The molecule has 0 aliphatic carbocycles. The lowest BCUT2D eigenvalue weighted by atomic mass is 10.0. The molecule has 1 aromatic carbocycles. The second-order valence-corrected chi connectivity index (χ2v) is 8.12. The molecule has 1 fully saturated rings. The number of furan rings is 1. The first-order valence-electron chi connectivity index (χ1n) is 10.9. The first kappa shape index (κ1) is 21.2. The summed E-state index contributed by atoms with van der Waals surface area (Å²) in [6.07, 6.45) is 3.59. The Morgan fingerprint density at radius 3 is 2.45 bits per heavy atom. The molecule has 0 radical (unpaired) electrons. The standard InChI is InChI=1S/C26H24N4O2S/c1-2-31-20-11-9-18(10-12-20)22-13-14-23(32-22)25-24(21-8-4-6-16-28-21)29-26(33)30(25)17-19-7-3-5-15-27-19/h3-16,24-25H,2,17H2,1H3,(H,29,33)/t24-,25-/m1/s1. The molecule has 4 heterocycles. The van der Waals surface area contributed by atoms with E-state index in [1.54, 1.807) is 12.4 Å². The molecule has 33 heavy (non-hydrogen) atoms. The molecule has 3 aromatic heterocycles. The quantitative estimate of drug-likeness (QED) is 0.378. The van der Waals surface area contributed by atoms with Gasteiger partial charge in [-0.15, -0.1) is 0 Å². The van der Waals surface area contributed by atoms with Crippen LogP contribution in [0.3, 0.4) is 0 Å². The Morgan fingerprint density at radius 2 is 1.76 bits per heavy atom. The summed E-state index contributed by atoms with van der Waals surface area (Å²) in [7, 11) is 0. The van der Waals surface area contributed by atoms with E-state index in [0.717, 1.165) is 34.2 Å². The van der Waals surface area contributed by atoms with Crippen LogP contribution in [0.25, 0.3) is 11.3 Å². The molecule has 4 aromatic rings. The number of nitrogens with zero attached hydrogens (tertiary/aromatic N) is 3. The fourth-order valence-electron chi connectivity index (χ4n) is 4.10. The maximum absolute atomic E-state index is 6.39. The highest BCUT2D eigenvalue weighted by Gasteiger charge is 2.41. The van der Waals surface area contributed by atoms with Crippen LogP contribution in [-0.2, 0) is 6.54 Å². The van der Waals surface area contributed by atoms with E-state index in [2.05, 4.69) is 20.2 Å². The van der Waals surface area contributed by atoms with Gasteiger partial charge in [0.15, 0.2) is 5.11 Å². The van der Waals surface area contributed by atoms with Gasteiger partial charge in [0.25, 0.3) is 0 Å². The summed E-state index contributed by atoms with van der Waals surface area (Å²) < 4.78 is 11.9. The molecule has 1 N–H and O–H groups in total. The lowest BCUT2D eigenvalue weighted by molar-refractivity contribution is 0.267. The van der Waals surface area contributed by atoms with Crippen LogP contribution in [0.2, 0.25) is 0 Å². The van der Waals surface area contributed by atoms with E-state index in [1.807, 2.05) is 79.7 Å². The third kappa shape index (κ3) is 4.45. The molecule has 2 atom stereocenters. The number of thiocarbonyl (C=S) groups is 1. The Labute approximate surface area is 198 Å². The largest absolute Gasteiger partial charge is 0.494 e. The number of ether oxygens (including phenoxy) is 1. The van der Waals surface area contributed by atoms with Crippen molar-refractivity contribution in [1.29, 1.82) is 0 Å². The fraction of sp³-hybridized carbons (Fsp3) is 0.192. The van der Waals surface area contributed by atoms with Gasteiger partial charge in [0.05, 0.1) is 30.6 Å². The SMILES string of the molecule is CCOc1ccc(-c2ccc([C@@H]3[C@@H](c4ccccn4)NC(=S)N3Cc3ccccn3)o2)cc1. The van der Waals surface area contributed by atoms with Crippen molar-refractivity contribution >= 4 is 17.3 Å². The second kappa shape index (κ2) is 9.42. The van der Waals surface area contributed by atoms with Gasteiger partial charge in [-0.05, 0) is 79.8 Å². The zero-order valence-corrected chi connectivity index (χ0v) is 19.0. The number of rotatable bonds is 7. The summed E-state index contributed by atoms with van der Waals surface area (Å²) in [4.78, 5) is 11.2. The molecule has 0 saturated carbocycles. The zero-order chi connectivity index (χ0) is 22.6. The van der Waals surface area contributed by atoms with E-state index >= 15 is 0 Å². The summed E-state index contributed by atoms with van der Waals surface area (Å²) in [6.45, 7) is 3.18. The number of aromatic nitrogens is 2. The maximum atomic E-state index is 6.39. The number of hydrogen-bond acceptors (Lipinski definition) is 5. The molecule has 7 heteroatoms. The van der Waals surface area contributed by atoms with Crippen molar-refractivity contribution in [2.45, 2.75) is 25.6 Å². The van der Waals surface area contributed by atoms with Gasteiger partial charge in [0, 0.05) is 18.0 Å². The molecular formula is C26H24N4O2S. The molecule has 5 rings (SSSR count).